The second-order valence-corrected chi connectivity index (χ2v) is 6.73. The van der Waals surface area contributed by atoms with Crippen LogP contribution in [-0.2, 0) is 0 Å². The summed E-state index contributed by atoms with van der Waals surface area (Å²) in [6.07, 6.45) is 1.19. The fourth-order valence-electron chi connectivity index (χ4n) is 2.91. The number of phenolic OH excluding ortho intramolecular Hbond substituents is 1. The van der Waals surface area contributed by atoms with E-state index < -0.39 is 0 Å². The molecule has 1 aromatic carbocycles. The molecule has 0 aromatic heterocycles. The zero-order valence-electron chi connectivity index (χ0n) is 12.3. The van der Waals surface area contributed by atoms with Crippen LogP contribution in [0, 0.1) is 17.2 Å². The van der Waals surface area contributed by atoms with Gasteiger partial charge in [-0.3, -0.25) is 4.90 Å². The van der Waals surface area contributed by atoms with E-state index in [1.54, 1.807) is 6.07 Å². The standard InChI is InChI=1S/C16H24FNO/c1-11(14-6-5-13(17)9-15(14)19)18-8-7-12(10-18)16(2,3)4/h5-6,9,11-12,19H,7-8,10H2,1-4H3. The van der Waals surface area contributed by atoms with Gasteiger partial charge in [-0.05, 0) is 37.3 Å². The molecule has 2 unspecified atom stereocenters. The Morgan fingerprint density at radius 2 is 2.05 bits per heavy atom. The molecule has 0 bridgehead atoms. The van der Waals surface area contributed by atoms with Crippen LogP contribution in [0.5, 0.6) is 5.75 Å². The summed E-state index contributed by atoms with van der Waals surface area (Å²) in [7, 11) is 0. The largest absolute Gasteiger partial charge is 0.508 e. The van der Waals surface area contributed by atoms with Crippen molar-refractivity contribution >= 4 is 0 Å². The van der Waals surface area contributed by atoms with E-state index in [2.05, 4.69) is 32.6 Å². The molecule has 0 spiro atoms. The van der Waals surface area contributed by atoms with Crippen LogP contribution in [0.4, 0.5) is 4.39 Å². The maximum Gasteiger partial charge on any atom is 0.126 e. The van der Waals surface area contributed by atoms with Crippen LogP contribution in [0.2, 0.25) is 0 Å². The molecule has 3 heteroatoms. The first-order valence-electron chi connectivity index (χ1n) is 7.01. The van der Waals surface area contributed by atoms with Crippen molar-refractivity contribution in [3.05, 3.63) is 29.6 Å². The molecular formula is C16H24FNO. The minimum absolute atomic E-state index is 0.0618. The van der Waals surface area contributed by atoms with Crippen LogP contribution in [-0.4, -0.2) is 23.1 Å². The van der Waals surface area contributed by atoms with Gasteiger partial charge in [0.05, 0.1) is 0 Å². The Kier molecular flexibility index (Phi) is 3.86. The zero-order chi connectivity index (χ0) is 14.2. The Labute approximate surface area is 115 Å². The van der Waals surface area contributed by atoms with Crippen molar-refractivity contribution in [1.82, 2.24) is 4.90 Å². The van der Waals surface area contributed by atoms with Gasteiger partial charge < -0.3 is 5.11 Å². The summed E-state index contributed by atoms with van der Waals surface area (Å²) in [5.74, 6) is 0.353. The predicted octanol–water partition coefficient (Wildman–Crippen LogP) is 3.96. The van der Waals surface area contributed by atoms with Crippen molar-refractivity contribution in [3.63, 3.8) is 0 Å². The lowest BCUT2D eigenvalue weighted by atomic mass is 9.80. The minimum Gasteiger partial charge on any atom is -0.508 e. The Balaban J connectivity index is 2.11. The molecule has 1 aromatic rings. The summed E-state index contributed by atoms with van der Waals surface area (Å²) in [6, 6.07) is 4.44. The monoisotopic (exact) mass is 265 g/mol. The number of phenols is 1. The van der Waals surface area contributed by atoms with Gasteiger partial charge in [0.25, 0.3) is 0 Å². The molecule has 1 heterocycles. The second-order valence-electron chi connectivity index (χ2n) is 6.73. The zero-order valence-corrected chi connectivity index (χ0v) is 12.3. The molecule has 2 atom stereocenters. The lowest BCUT2D eigenvalue weighted by Crippen LogP contribution is -2.28. The topological polar surface area (TPSA) is 23.5 Å². The molecule has 1 fully saturated rings. The predicted molar refractivity (Wildman–Crippen MR) is 75.6 cm³/mol. The first-order valence-corrected chi connectivity index (χ1v) is 7.01. The number of rotatable bonds is 2. The van der Waals surface area contributed by atoms with Gasteiger partial charge >= 0.3 is 0 Å². The highest BCUT2D eigenvalue weighted by Gasteiger charge is 2.34. The van der Waals surface area contributed by atoms with E-state index in [0.717, 1.165) is 18.7 Å². The molecule has 0 radical (unpaired) electrons. The lowest BCUT2D eigenvalue weighted by Gasteiger charge is -2.29. The van der Waals surface area contributed by atoms with Crippen LogP contribution >= 0.6 is 0 Å². The van der Waals surface area contributed by atoms with E-state index in [9.17, 15) is 9.50 Å². The first kappa shape index (κ1) is 14.3. The number of nitrogens with zero attached hydrogens (tertiary/aromatic N) is 1. The molecular weight excluding hydrogens is 241 g/mol. The summed E-state index contributed by atoms with van der Waals surface area (Å²) < 4.78 is 13.0. The van der Waals surface area contributed by atoms with Crippen molar-refractivity contribution in [2.45, 2.75) is 40.2 Å². The Hall–Kier alpha value is -1.09. The summed E-state index contributed by atoms with van der Waals surface area (Å²) in [6.45, 7) is 11.0. The molecule has 1 saturated heterocycles. The molecule has 1 N–H and O–H groups in total. The normalized spacial score (nSPS) is 22.7. The third kappa shape index (κ3) is 3.08. The quantitative estimate of drug-likeness (QED) is 0.875. The summed E-state index contributed by atoms with van der Waals surface area (Å²) in [5, 5.41) is 9.88. The maximum absolute atomic E-state index is 13.0. The van der Waals surface area contributed by atoms with Crippen LogP contribution in [0.25, 0.3) is 0 Å². The van der Waals surface area contributed by atoms with E-state index in [1.165, 1.54) is 18.6 Å². The van der Waals surface area contributed by atoms with Crippen LogP contribution in [0.15, 0.2) is 18.2 Å². The number of aromatic hydroxyl groups is 1. The fraction of sp³-hybridized carbons (Fsp3) is 0.625. The van der Waals surface area contributed by atoms with Crippen LogP contribution in [0.3, 0.4) is 0 Å². The van der Waals surface area contributed by atoms with Gasteiger partial charge in [0.1, 0.15) is 11.6 Å². The van der Waals surface area contributed by atoms with Gasteiger partial charge in [-0.1, -0.05) is 26.8 Å². The Morgan fingerprint density at radius 3 is 2.58 bits per heavy atom. The van der Waals surface area contributed by atoms with Gasteiger partial charge in [-0.2, -0.15) is 0 Å². The fourth-order valence-corrected chi connectivity index (χ4v) is 2.91. The van der Waals surface area contributed by atoms with Gasteiger partial charge in [0.15, 0.2) is 0 Å². The van der Waals surface area contributed by atoms with Crippen molar-refractivity contribution in [2.75, 3.05) is 13.1 Å². The molecule has 2 rings (SSSR count). The van der Waals surface area contributed by atoms with E-state index in [4.69, 9.17) is 0 Å². The minimum atomic E-state index is -0.387. The van der Waals surface area contributed by atoms with Crippen LogP contribution in [0.1, 0.15) is 45.7 Å². The van der Waals surface area contributed by atoms with Crippen molar-refractivity contribution in [2.24, 2.45) is 11.3 Å². The maximum atomic E-state index is 13.0. The number of likely N-dealkylation sites (tertiary alicyclic amines) is 1. The molecule has 0 aliphatic carbocycles. The van der Waals surface area contributed by atoms with Gasteiger partial charge in [0.2, 0.25) is 0 Å². The number of halogens is 1. The number of benzene rings is 1. The third-order valence-electron chi connectivity index (χ3n) is 4.43. The smallest absolute Gasteiger partial charge is 0.126 e. The molecule has 19 heavy (non-hydrogen) atoms. The molecule has 1 aliphatic rings. The molecule has 0 saturated carbocycles. The Morgan fingerprint density at radius 1 is 1.37 bits per heavy atom. The molecule has 0 amide bonds. The van der Waals surface area contributed by atoms with Crippen molar-refractivity contribution in [1.29, 1.82) is 0 Å². The van der Waals surface area contributed by atoms with Gasteiger partial charge in [0, 0.05) is 24.2 Å². The highest BCUT2D eigenvalue weighted by Crippen LogP contribution is 2.38. The molecule has 1 aliphatic heterocycles. The van der Waals surface area contributed by atoms with Crippen molar-refractivity contribution in [3.8, 4) is 5.75 Å². The Bertz CT molecular complexity index is 453. The summed E-state index contributed by atoms with van der Waals surface area (Å²) in [5.41, 5.74) is 1.13. The van der Waals surface area contributed by atoms with Crippen LogP contribution < -0.4 is 0 Å². The summed E-state index contributed by atoms with van der Waals surface area (Å²) >= 11 is 0. The lowest BCUT2D eigenvalue weighted by molar-refractivity contribution is 0.201. The second kappa shape index (κ2) is 5.12. The summed E-state index contributed by atoms with van der Waals surface area (Å²) in [4.78, 5) is 2.38. The average Bonchev–Trinajstić information content (AvgIpc) is 2.76. The average molecular weight is 265 g/mol. The SMILES string of the molecule is CC(c1ccc(F)cc1O)N1CCC(C(C)(C)C)C1. The third-order valence-corrected chi connectivity index (χ3v) is 4.43. The highest BCUT2D eigenvalue weighted by molar-refractivity contribution is 5.35. The van der Waals surface area contributed by atoms with Gasteiger partial charge in [-0.25, -0.2) is 4.39 Å². The molecule has 106 valence electrons. The number of hydrogen-bond donors (Lipinski definition) is 1. The number of hydrogen-bond acceptors (Lipinski definition) is 2. The van der Waals surface area contributed by atoms with E-state index in [-0.39, 0.29) is 17.6 Å². The van der Waals surface area contributed by atoms with E-state index in [0.29, 0.717) is 11.3 Å². The van der Waals surface area contributed by atoms with Gasteiger partial charge in [-0.15, -0.1) is 0 Å². The highest BCUT2D eigenvalue weighted by atomic mass is 19.1. The van der Waals surface area contributed by atoms with E-state index in [1.807, 2.05) is 0 Å². The van der Waals surface area contributed by atoms with Crippen molar-refractivity contribution < 1.29 is 9.50 Å². The van der Waals surface area contributed by atoms with E-state index >= 15 is 0 Å². The molecule has 2 nitrogen and oxygen atoms in total. The first-order chi connectivity index (χ1) is 8.79.